The highest BCUT2D eigenvalue weighted by atomic mass is 16.5. The molecule has 0 aromatic heterocycles. The molecule has 0 radical (unpaired) electrons. The Labute approximate surface area is 106 Å². The van der Waals surface area contributed by atoms with Crippen LogP contribution in [0, 0.1) is 0 Å². The fraction of sp³-hybridized carbons (Fsp3) is 0.583. The van der Waals surface area contributed by atoms with Gasteiger partial charge in [0.05, 0.1) is 14.2 Å². The number of ether oxygens (including phenoxy) is 2. The van der Waals surface area contributed by atoms with Gasteiger partial charge in [0.25, 0.3) is 0 Å². The van der Waals surface area contributed by atoms with Crippen LogP contribution in [0.4, 0.5) is 0 Å². The number of rotatable bonds is 7. The number of carbonyl (C=O) groups excluding carboxylic acids is 3. The summed E-state index contributed by atoms with van der Waals surface area (Å²) < 4.78 is 9.14. The van der Waals surface area contributed by atoms with E-state index >= 15 is 0 Å². The lowest BCUT2D eigenvalue weighted by Gasteiger charge is -2.28. The maximum absolute atomic E-state index is 11.8. The van der Waals surface area contributed by atoms with Crippen molar-refractivity contribution in [1.82, 2.24) is 5.32 Å². The lowest BCUT2D eigenvalue weighted by molar-refractivity contribution is -0.150. The zero-order valence-corrected chi connectivity index (χ0v) is 10.9. The fourth-order valence-corrected chi connectivity index (χ4v) is 1.37. The Kier molecular flexibility index (Phi) is 6.70. The summed E-state index contributed by atoms with van der Waals surface area (Å²) in [5.74, 6) is -1.47. The molecule has 1 amide bonds. The average Bonchev–Trinajstić information content (AvgIpc) is 2.41. The van der Waals surface area contributed by atoms with Crippen LogP contribution in [0.2, 0.25) is 0 Å². The van der Waals surface area contributed by atoms with Crippen LogP contribution in [0.15, 0.2) is 12.7 Å². The van der Waals surface area contributed by atoms with Gasteiger partial charge in [-0.2, -0.15) is 0 Å². The summed E-state index contributed by atoms with van der Waals surface area (Å²) >= 11 is 0. The van der Waals surface area contributed by atoms with Crippen LogP contribution in [0.5, 0.6) is 0 Å². The molecule has 0 aliphatic heterocycles. The summed E-state index contributed by atoms with van der Waals surface area (Å²) in [4.78, 5) is 34.3. The first-order valence-corrected chi connectivity index (χ1v) is 5.55. The third-order valence-corrected chi connectivity index (χ3v) is 2.53. The Bertz CT molecular complexity index is 339. The van der Waals surface area contributed by atoms with Crippen molar-refractivity contribution in [3.05, 3.63) is 12.7 Å². The topological polar surface area (TPSA) is 81.7 Å². The van der Waals surface area contributed by atoms with Gasteiger partial charge in [0.15, 0.2) is 5.54 Å². The van der Waals surface area contributed by atoms with E-state index in [9.17, 15) is 14.4 Å². The number of carbonyl (C=O) groups is 3. The molecule has 0 aliphatic rings. The van der Waals surface area contributed by atoms with Gasteiger partial charge in [0, 0.05) is 12.8 Å². The van der Waals surface area contributed by atoms with Crippen LogP contribution >= 0.6 is 0 Å². The van der Waals surface area contributed by atoms with Gasteiger partial charge in [0.2, 0.25) is 5.91 Å². The molecule has 0 saturated heterocycles. The highest BCUT2D eigenvalue weighted by molar-refractivity contribution is 5.90. The van der Waals surface area contributed by atoms with E-state index in [-0.39, 0.29) is 25.2 Å². The SMILES string of the molecule is C=CC(CCC(=O)OC)(NC(=O)CC)C(=O)OC. The van der Waals surface area contributed by atoms with Gasteiger partial charge in [-0.3, -0.25) is 9.59 Å². The van der Waals surface area contributed by atoms with Crippen molar-refractivity contribution < 1.29 is 23.9 Å². The van der Waals surface area contributed by atoms with Crippen LogP contribution in [0.3, 0.4) is 0 Å². The number of methoxy groups -OCH3 is 2. The molecule has 6 nitrogen and oxygen atoms in total. The third-order valence-electron chi connectivity index (χ3n) is 2.53. The van der Waals surface area contributed by atoms with Crippen molar-refractivity contribution in [2.45, 2.75) is 31.7 Å². The first-order chi connectivity index (χ1) is 8.45. The molecule has 6 heteroatoms. The quantitative estimate of drug-likeness (QED) is 0.532. The second kappa shape index (κ2) is 7.47. The molecular weight excluding hydrogens is 238 g/mol. The van der Waals surface area contributed by atoms with E-state index in [1.807, 2.05) is 0 Å². The van der Waals surface area contributed by atoms with Crippen LogP contribution in [0.25, 0.3) is 0 Å². The molecule has 1 atom stereocenters. The van der Waals surface area contributed by atoms with E-state index in [1.54, 1.807) is 6.92 Å². The summed E-state index contributed by atoms with van der Waals surface area (Å²) in [5, 5.41) is 2.52. The molecule has 18 heavy (non-hydrogen) atoms. The van der Waals surface area contributed by atoms with Crippen molar-refractivity contribution >= 4 is 17.8 Å². The van der Waals surface area contributed by atoms with Gasteiger partial charge >= 0.3 is 11.9 Å². The maximum atomic E-state index is 11.8. The Morgan fingerprint density at radius 1 is 1.28 bits per heavy atom. The fourth-order valence-electron chi connectivity index (χ4n) is 1.37. The van der Waals surface area contributed by atoms with Gasteiger partial charge in [0.1, 0.15) is 0 Å². The van der Waals surface area contributed by atoms with Crippen molar-refractivity contribution in [1.29, 1.82) is 0 Å². The van der Waals surface area contributed by atoms with Crippen LogP contribution in [-0.2, 0) is 23.9 Å². The molecule has 0 spiro atoms. The zero-order valence-electron chi connectivity index (χ0n) is 10.9. The minimum atomic E-state index is -1.39. The second-order valence-corrected chi connectivity index (χ2v) is 3.64. The average molecular weight is 257 g/mol. The molecule has 0 aromatic carbocycles. The van der Waals surface area contributed by atoms with Crippen molar-refractivity contribution in [3.8, 4) is 0 Å². The maximum Gasteiger partial charge on any atom is 0.335 e. The van der Waals surface area contributed by atoms with Gasteiger partial charge in [-0.25, -0.2) is 4.79 Å². The normalized spacial score (nSPS) is 13.1. The predicted octanol–water partition coefficient (Wildman–Crippen LogP) is 0.564. The summed E-state index contributed by atoms with van der Waals surface area (Å²) in [6, 6.07) is 0. The summed E-state index contributed by atoms with van der Waals surface area (Å²) in [5.41, 5.74) is -1.39. The minimum Gasteiger partial charge on any atom is -0.469 e. The molecule has 102 valence electrons. The number of hydrogen-bond donors (Lipinski definition) is 1. The smallest absolute Gasteiger partial charge is 0.335 e. The van der Waals surface area contributed by atoms with E-state index in [0.717, 1.165) is 0 Å². The Morgan fingerprint density at radius 3 is 2.28 bits per heavy atom. The summed E-state index contributed by atoms with van der Waals surface area (Å²) in [6.45, 7) is 5.18. The zero-order chi connectivity index (χ0) is 14.2. The number of amides is 1. The minimum absolute atomic E-state index is 0.0262. The predicted molar refractivity (Wildman–Crippen MR) is 64.6 cm³/mol. The van der Waals surface area contributed by atoms with E-state index in [1.165, 1.54) is 20.3 Å². The standard InChI is InChI=1S/C12H19NO5/c1-5-9(14)13-12(6-2,11(16)18-4)8-7-10(15)17-3/h6H,2,5,7-8H2,1,3-4H3,(H,13,14). The van der Waals surface area contributed by atoms with Crippen molar-refractivity contribution in [2.24, 2.45) is 0 Å². The third kappa shape index (κ3) is 4.20. The Hall–Kier alpha value is -1.85. The monoisotopic (exact) mass is 257 g/mol. The molecule has 0 aromatic rings. The van der Waals surface area contributed by atoms with Gasteiger partial charge in [-0.1, -0.05) is 13.0 Å². The van der Waals surface area contributed by atoms with Crippen molar-refractivity contribution in [2.75, 3.05) is 14.2 Å². The highest BCUT2D eigenvalue weighted by Gasteiger charge is 2.38. The van der Waals surface area contributed by atoms with E-state index in [0.29, 0.717) is 0 Å². The molecule has 1 unspecified atom stereocenters. The molecule has 0 fully saturated rings. The van der Waals surface area contributed by atoms with Crippen LogP contribution < -0.4 is 5.32 Å². The molecule has 0 saturated carbocycles. The second-order valence-electron chi connectivity index (χ2n) is 3.64. The molecule has 0 heterocycles. The lowest BCUT2D eigenvalue weighted by atomic mass is 9.93. The van der Waals surface area contributed by atoms with Crippen LogP contribution in [-0.4, -0.2) is 37.6 Å². The number of nitrogens with one attached hydrogen (secondary N) is 1. The van der Waals surface area contributed by atoms with E-state index in [2.05, 4.69) is 21.4 Å². The number of esters is 2. The summed E-state index contributed by atoms with van der Waals surface area (Å²) in [7, 11) is 2.46. The van der Waals surface area contributed by atoms with Gasteiger partial charge in [-0.15, -0.1) is 6.58 Å². The van der Waals surface area contributed by atoms with Crippen LogP contribution in [0.1, 0.15) is 26.2 Å². The largest absolute Gasteiger partial charge is 0.469 e. The first-order valence-electron chi connectivity index (χ1n) is 5.55. The summed E-state index contributed by atoms with van der Waals surface area (Å²) in [6.07, 6.45) is 1.50. The molecule has 0 bridgehead atoms. The highest BCUT2D eigenvalue weighted by Crippen LogP contribution is 2.17. The Balaban J connectivity index is 4.98. The molecule has 0 aliphatic carbocycles. The van der Waals surface area contributed by atoms with E-state index < -0.39 is 17.5 Å². The molecule has 0 rings (SSSR count). The Morgan fingerprint density at radius 2 is 1.89 bits per heavy atom. The molecule has 1 N–H and O–H groups in total. The van der Waals surface area contributed by atoms with Gasteiger partial charge < -0.3 is 14.8 Å². The van der Waals surface area contributed by atoms with E-state index in [4.69, 9.17) is 0 Å². The van der Waals surface area contributed by atoms with Gasteiger partial charge in [-0.05, 0) is 6.42 Å². The number of hydrogen-bond acceptors (Lipinski definition) is 5. The molecular formula is C12H19NO5. The first kappa shape index (κ1) is 16.1. The van der Waals surface area contributed by atoms with Crippen molar-refractivity contribution in [3.63, 3.8) is 0 Å². The lowest BCUT2D eigenvalue weighted by Crippen LogP contribution is -2.53.